The van der Waals surface area contributed by atoms with Gasteiger partial charge in [-0.1, -0.05) is 44.9 Å². The van der Waals surface area contributed by atoms with Gasteiger partial charge in [0, 0.05) is 12.7 Å². The third-order valence-electron chi connectivity index (χ3n) is 9.52. The van der Waals surface area contributed by atoms with Gasteiger partial charge in [0.2, 0.25) is 0 Å². The zero-order valence-electron chi connectivity index (χ0n) is 22.8. The number of anilines is 3. The Morgan fingerprint density at radius 2 is 1.79 bits per heavy atom. The molecule has 0 bridgehead atoms. The fourth-order valence-electron chi connectivity index (χ4n) is 7.11. The number of nitrogens with zero attached hydrogens (tertiary/aromatic N) is 4. The van der Waals surface area contributed by atoms with E-state index in [1.807, 2.05) is 16.9 Å². The molecule has 10 heteroatoms. The summed E-state index contributed by atoms with van der Waals surface area (Å²) in [4.78, 5) is 20.7. The van der Waals surface area contributed by atoms with E-state index in [1.54, 1.807) is 6.20 Å². The van der Waals surface area contributed by atoms with Crippen LogP contribution in [0.5, 0.6) is 0 Å². The number of likely N-dealkylation sites (tertiary alicyclic amines) is 1. The second-order valence-corrected chi connectivity index (χ2v) is 12.4. The van der Waals surface area contributed by atoms with Crippen LogP contribution in [0, 0.1) is 0 Å². The quantitative estimate of drug-likeness (QED) is 0.458. The average Bonchev–Trinajstić information content (AvgIpc) is 3.26. The predicted molar refractivity (Wildman–Crippen MR) is 155 cm³/mol. The number of alkyl halides is 1. The van der Waals surface area contributed by atoms with Crippen molar-refractivity contribution < 1.29 is 9.53 Å². The van der Waals surface area contributed by atoms with E-state index in [0.29, 0.717) is 29.9 Å². The standard InChI is InChI=1S/C29H42ClN7O2/c30-24-17-33-27-25(26(31)35-37(27)29(24)11-6-4-2-1-3-5-7-12-29)28(38)34-23-16-32-13-8-22(23)20-9-14-36(15-10-20)21-18-39-19-21/h8,13,16,20-21,24,33H,1-7,9-12,14-15,17-19H2,(H2,31,35)(H,34,38). The first-order valence-electron chi connectivity index (χ1n) is 14.9. The highest BCUT2D eigenvalue weighted by Gasteiger charge is 2.46. The first-order valence-corrected chi connectivity index (χ1v) is 15.3. The highest BCUT2D eigenvalue weighted by Crippen LogP contribution is 2.44. The van der Waals surface area contributed by atoms with E-state index in [1.165, 1.54) is 32.1 Å². The molecular formula is C29H42ClN7O2. The van der Waals surface area contributed by atoms with Crippen molar-refractivity contribution in [3.05, 3.63) is 29.6 Å². The summed E-state index contributed by atoms with van der Waals surface area (Å²) < 4.78 is 7.36. The van der Waals surface area contributed by atoms with E-state index >= 15 is 0 Å². The van der Waals surface area contributed by atoms with Gasteiger partial charge in [-0.05, 0) is 56.3 Å². The molecule has 6 rings (SSSR count). The zero-order chi connectivity index (χ0) is 26.8. The van der Waals surface area contributed by atoms with Crippen LogP contribution >= 0.6 is 11.6 Å². The molecule has 2 saturated heterocycles. The molecule has 39 heavy (non-hydrogen) atoms. The summed E-state index contributed by atoms with van der Waals surface area (Å²) in [6, 6.07) is 2.61. The Balaban J connectivity index is 1.23. The van der Waals surface area contributed by atoms with Gasteiger partial charge in [-0.15, -0.1) is 11.6 Å². The van der Waals surface area contributed by atoms with Crippen LogP contribution in [0.25, 0.3) is 0 Å². The fraction of sp³-hybridized carbons (Fsp3) is 0.690. The van der Waals surface area contributed by atoms with Crippen molar-refractivity contribution in [2.45, 2.75) is 93.5 Å². The van der Waals surface area contributed by atoms with Crippen LogP contribution in [0.4, 0.5) is 17.3 Å². The minimum absolute atomic E-state index is 0.109. The van der Waals surface area contributed by atoms with Gasteiger partial charge in [0.25, 0.3) is 5.91 Å². The number of nitrogen functional groups attached to an aromatic ring is 1. The number of hydrogen-bond donors (Lipinski definition) is 3. The predicted octanol–water partition coefficient (Wildman–Crippen LogP) is 4.94. The summed E-state index contributed by atoms with van der Waals surface area (Å²) in [6.07, 6.45) is 16.1. The van der Waals surface area contributed by atoms with Crippen molar-refractivity contribution in [3.63, 3.8) is 0 Å². The van der Waals surface area contributed by atoms with E-state index in [2.05, 4.69) is 20.5 Å². The van der Waals surface area contributed by atoms with Crippen molar-refractivity contribution in [2.24, 2.45) is 0 Å². The number of pyridine rings is 1. The van der Waals surface area contributed by atoms with E-state index < -0.39 is 0 Å². The minimum atomic E-state index is -0.328. The van der Waals surface area contributed by atoms with Crippen molar-refractivity contribution in [1.29, 1.82) is 0 Å². The van der Waals surface area contributed by atoms with Gasteiger partial charge in [-0.2, -0.15) is 5.10 Å². The molecule has 4 aliphatic rings. The molecule has 1 amide bonds. The lowest BCUT2D eigenvalue weighted by Crippen LogP contribution is -2.51. The third kappa shape index (κ3) is 5.25. The number of fused-ring (bicyclic) bond motifs is 2. The summed E-state index contributed by atoms with van der Waals surface area (Å²) in [6.45, 7) is 4.38. The average molecular weight is 556 g/mol. The Kier molecular flexibility index (Phi) is 8.00. The number of piperidine rings is 1. The Morgan fingerprint density at radius 3 is 2.46 bits per heavy atom. The summed E-state index contributed by atoms with van der Waals surface area (Å²) in [7, 11) is 0. The lowest BCUT2D eigenvalue weighted by atomic mass is 9.81. The number of nitrogens with one attached hydrogen (secondary N) is 2. The largest absolute Gasteiger partial charge is 0.381 e. The van der Waals surface area contributed by atoms with E-state index in [4.69, 9.17) is 27.2 Å². The Labute approximate surface area is 236 Å². The maximum Gasteiger partial charge on any atom is 0.263 e. The molecule has 1 spiro atoms. The Morgan fingerprint density at radius 1 is 1.10 bits per heavy atom. The van der Waals surface area contributed by atoms with Crippen LogP contribution in [0.3, 0.4) is 0 Å². The molecule has 9 nitrogen and oxygen atoms in total. The summed E-state index contributed by atoms with van der Waals surface area (Å²) in [5, 5.41) is 11.2. The van der Waals surface area contributed by atoms with Crippen molar-refractivity contribution in [3.8, 4) is 0 Å². The minimum Gasteiger partial charge on any atom is -0.381 e. The number of carbonyl (C=O) groups excluding carboxylic acids is 1. The van der Waals surface area contributed by atoms with Gasteiger partial charge >= 0.3 is 0 Å². The SMILES string of the molecule is Nc1nn2c(c1C(=O)Nc1cnccc1C1CCN(C3COC3)CC1)NCC(Cl)C21CCCCCCCCC1. The van der Waals surface area contributed by atoms with Crippen molar-refractivity contribution >= 4 is 34.8 Å². The van der Waals surface area contributed by atoms with E-state index in [0.717, 1.165) is 76.1 Å². The van der Waals surface area contributed by atoms with Crippen LogP contribution < -0.4 is 16.4 Å². The van der Waals surface area contributed by atoms with Gasteiger partial charge in [0.1, 0.15) is 11.4 Å². The van der Waals surface area contributed by atoms with E-state index in [9.17, 15) is 4.79 Å². The molecule has 1 atom stereocenters. The molecule has 4 N–H and O–H groups in total. The topological polar surface area (TPSA) is 110 Å². The number of amides is 1. The normalized spacial score (nSPS) is 24.9. The van der Waals surface area contributed by atoms with E-state index in [-0.39, 0.29) is 22.6 Å². The zero-order valence-corrected chi connectivity index (χ0v) is 23.6. The monoisotopic (exact) mass is 555 g/mol. The van der Waals surface area contributed by atoms with Gasteiger partial charge in [0.05, 0.1) is 42.1 Å². The van der Waals surface area contributed by atoms with Gasteiger partial charge < -0.3 is 21.1 Å². The number of rotatable bonds is 4. The molecule has 2 aromatic rings. The highest BCUT2D eigenvalue weighted by molar-refractivity contribution is 6.22. The maximum atomic E-state index is 13.8. The Bertz CT molecular complexity index is 1150. The second-order valence-electron chi connectivity index (χ2n) is 11.9. The highest BCUT2D eigenvalue weighted by atomic mass is 35.5. The van der Waals surface area contributed by atoms with Crippen LogP contribution in [0.15, 0.2) is 18.5 Å². The smallest absolute Gasteiger partial charge is 0.263 e. The summed E-state index contributed by atoms with van der Waals surface area (Å²) in [5.74, 6) is 1.07. The molecule has 0 aromatic carbocycles. The lowest BCUT2D eigenvalue weighted by molar-refractivity contribution is -0.0712. The third-order valence-corrected chi connectivity index (χ3v) is 10.1. The number of hydrogen-bond acceptors (Lipinski definition) is 7. The van der Waals surface area contributed by atoms with Gasteiger partial charge in [-0.3, -0.25) is 14.7 Å². The second kappa shape index (κ2) is 11.6. The maximum absolute atomic E-state index is 13.8. The Hall–Kier alpha value is -2.36. The first-order chi connectivity index (χ1) is 19.1. The molecule has 212 valence electrons. The molecule has 1 unspecified atom stereocenters. The van der Waals surface area contributed by atoms with Crippen LogP contribution in [-0.2, 0) is 10.3 Å². The molecule has 3 fully saturated rings. The number of carbonyl (C=O) groups is 1. The number of halogens is 1. The van der Waals surface area contributed by atoms with Crippen LogP contribution in [-0.4, -0.2) is 69.8 Å². The van der Waals surface area contributed by atoms with Gasteiger partial charge in [-0.25, -0.2) is 4.68 Å². The molecule has 1 saturated carbocycles. The lowest BCUT2D eigenvalue weighted by Gasteiger charge is -2.43. The molecule has 1 aliphatic carbocycles. The number of aromatic nitrogens is 3. The van der Waals surface area contributed by atoms with Crippen molar-refractivity contribution in [1.82, 2.24) is 19.7 Å². The van der Waals surface area contributed by atoms with Crippen LogP contribution in [0.2, 0.25) is 0 Å². The summed E-state index contributed by atoms with van der Waals surface area (Å²) >= 11 is 7.04. The molecule has 0 radical (unpaired) electrons. The van der Waals surface area contributed by atoms with Crippen LogP contribution in [0.1, 0.15) is 92.5 Å². The van der Waals surface area contributed by atoms with Crippen molar-refractivity contribution in [2.75, 3.05) is 49.2 Å². The number of ether oxygens (including phenoxy) is 1. The molecule has 5 heterocycles. The van der Waals surface area contributed by atoms with Gasteiger partial charge in [0.15, 0.2) is 5.82 Å². The summed E-state index contributed by atoms with van der Waals surface area (Å²) in [5.41, 5.74) is 8.45. The first kappa shape index (κ1) is 26.8. The fourth-order valence-corrected chi connectivity index (χ4v) is 7.50. The molecular weight excluding hydrogens is 514 g/mol. The molecule has 3 aliphatic heterocycles. The number of nitrogens with two attached hydrogens (primary N) is 1. The molecule has 2 aromatic heterocycles.